The van der Waals surface area contributed by atoms with Crippen LogP contribution in [0, 0.1) is 0 Å². The van der Waals surface area contributed by atoms with Crippen LogP contribution in [0.4, 0.5) is 0 Å². The number of rotatable bonds is 3. The molecule has 0 spiro atoms. The molecule has 94 valence electrons. The molecule has 1 saturated heterocycles. The second-order valence-electron chi connectivity index (χ2n) is 4.03. The van der Waals surface area contributed by atoms with E-state index in [1.54, 1.807) is 12.3 Å². The average molecular weight is 302 g/mol. The van der Waals surface area contributed by atoms with Gasteiger partial charge in [0, 0.05) is 30.3 Å². The van der Waals surface area contributed by atoms with E-state index < -0.39 is 0 Å². The third-order valence-corrected chi connectivity index (χ3v) is 3.19. The maximum Gasteiger partial charge on any atom is 0.270 e. The summed E-state index contributed by atoms with van der Waals surface area (Å²) in [7, 11) is 1.88. The number of H-pyrrole nitrogens is 1. The number of halogens is 1. The van der Waals surface area contributed by atoms with Crippen LogP contribution in [-0.4, -0.2) is 55.2 Å². The lowest BCUT2D eigenvalue weighted by molar-refractivity contribution is -0.0197. The molecule has 1 atom stereocenters. The van der Waals surface area contributed by atoms with E-state index in [0.717, 1.165) is 11.0 Å². The first-order chi connectivity index (χ1) is 8.20. The predicted molar refractivity (Wildman–Crippen MR) is 68.1 cm³/mol. The summed E-state index contributed by atoms with van der Waals surface area (Å²) >= 11 is 3.32. The summed E-state index contributed by atoms with van der Waals surface area (Å²) in [5.41, 5.74) is 0.613. The maximum atomic E-state index is 12.2. The van der Waals surface area contributed by atoms with Gasteiger partial charge in [0.05, 0.1) is 12.7 Å². The Hall–Kier alpha value is -0.850. The molecule has 1 amide bonds. The lowest BCUT2D eigenvalue weighted by Gasteiger charge is -2.32. The molecule has 0 bridgehead atoms. The van der Waals surface area contributed by atoms with Gasteiger partial charge in [-0.25, -0.2) is 0 Å². The Labute approximate surface area is 109 Å². The highest BCUT2D eigenvalue weighted by Gasteiger charge is 2.25. The number of aromatic amines is 1. The molecule has 2 heterocycles. The minimum absolute atomic E-state index is 0.0279. The molecule has 0 radical (unpaired) electrons. The number of nitrogens with zero attached hydrogens (tertiary/aromatic N) is 1. The van der Waals surface area contributed by atoms with Crippen molar-refractivity contribution in [2.24, 2.45) is 0 Å². The summed E-state index contributed by atoms with van der Waals surface area (Å²) < 4.78 is 6.45. The minimum Gasteiger partial charge on any atom is -0.373 e. The highest BCUT2D eigenvalue weighted by molar-refractivity contribution is 9.10. The van der Waals surface area contributed by atoms with Gasteiger partial charge in [0.25, 0.3) is 5.91 Å². The summed E-state index contributed by atoms with van der Waals surface area (Å²) in [6, 6.07) is 1.80. The highest BCUT2D eigenvalue weighted by atomic mass is 79.9. The number of amides is 1. The van der Waals surface area contributed by atoms with Crippen molar-refractivity contribution in [1.82, 2.24) is 15.2 Å². The molecule has 17 heavy (non-hydrogen) atoms. The van der Waals surface area contributed by atoms with E-state index in [2.05, 4.69) is 26.2 Å². The van der Waals surface area contributed by atoms with Crippen molar-refractivity contribution in [2.75, 3.05) is 33.3 Å². The number of morpholine rings is 1. The van der Waals surface area contributed by atoms with Crippen LogP contribution >= 0.6 is 15.9 Å². The van der Waals surface area contributed by atoms with Crippen molar-refractivity contribution in [3.8, 4) is 0 Å². The number of hydrogen-bond acceptors (Lipinski definition) is 3. The molecule has 1 aromatic rings. The Kier molecular flexibility index (Phi) is 4.20. The van der Waals surface area contributed by atoms with Crippen LogP contribution in [0.3, 0.4) is 0 Å². The van der Waals surface area contributed by atoms with E-state index in [1.165, 1.54) is 0 Å². The molecule has 1 aromatic heterocycles. The molecule has 0 aromatic carbocycles. The monoisotopic (exact) mass is 301 g/mol. The Balaban J connectivity index is 1.99. The van der Waals surface area contributed by atoms with E-state index >= 15 is 0 Å². The third-order valence-electron chi connectivity index (χ3n) is 2.74. The SMILES string of the molecule is CNCC1CN(C(=O)c2cc(Br)c[nH]2)CCO1. The van der Waals surface area contributed by atoms with Gasteiger partial charge >= 0.3 is 0 Å². The molecular formula is C11H16BrN3O2. The van der Waals surface area contributed by atoms with Crippen molar-refractivity contribution >= 4 is 21.8 Å². The number of likely N-dealkylation sites (N-methyl/N-ethyl adjacent to an activating group) is 1. The van der Waals surface area contributed by atoms with Gasteiger partial charge in [-0.05, 0) is 29.0 Å². The van der Waals surface area contributed by atoms with Crippen molar-refractivity contribution in [2.45, 2.75) is 6.10 Å². The van der Waals surface area contributed by atoms with Gasteiger partial charge in [-0.3, -0.25) is 4.79 Å². The number of carbonyl (C=O) groups is 1. The highest BCUT2D eigenvalue weighted by Crippen LogP contribution is 2.14. The van der Waals surface area contributed by atoms with Crippen LogP contribution < -0.4 is 5.32 Å². The van der Waals surface area contributed by atoms with Crippen LogP contribution in [0.1, 0.15) is 10.5 Å². The first kappa shape index (κ1) is 12.6. The minimum atomic E-state index is 0.0279. The zero-order valence-corrected chi connectivity index (χ0v) is 11.3. The standard InChI is InChI=1S/C11H16BrN3O2/c1-13-6-9-7-15(2-3-17-9)11(16)10-4-8(12)5-14-10/h4-5,9,13-14H,2-3,6-7H2,1H3. The van der Waals surface area contributed by atoms with Crippen molar-refractivity contribution in [3.05, 3.63) is 22.4 Å². The maximum absolute atomic E-state index is 12.2. The van der Waals surface area contributed by atoms with Gasteiger partial charge in [0.1, 0.15) is 5.69 Å². The van der Waals surface area contributed by atoms with Crippen LogP contribution in [0.25, 0.3) is 0 Å². The average Bonchev–Trinajstić information content (AvgIpc) is 2.76. The largest absolute Gasteiger partial charge is 0.373 e. The molecule has 1 unspecified atom stereocenters. The summed E-state index contributed by atoms with van der Waals surface area (Å²) in [5, 5.41) is 3.06. The van der Waals surface area contributed by atoms with E-state index in [4.69, 9.17) is 4.74 Å². The molecule has 5 nitrogen and oxygen atoms in total. The Morgan fingerprint density at radius 3 is 3.24 bits per heavy atom. The third kappa shape index (κ3) is 3.08. The number of nitrogens with one attached hydrogen (secondary N) is 2. The summed E-state index contributed by atoms with van der Waals surface area (Å²) in [6.45, 7) is 2.64. The molecular weight excluding hydrogens is 286 g/mol. The second kappa shape index (κ2) is 5.66. The van der Waals surface area contributed by atoms with Crippen LogP contribution in [0.2, 0.25) is 0 Å². The summed E-state index contributed by atoms with van der Waals surface area (Å²) in [6.07, 6.45) is 1.84. The fourth-order valence-electron chi connectivity index (χ4n) is 1.92. The molecule has 1 aliphatic heterocycles. The van der Waals surface area contributed by atoms with Gasteiger partial charge < -0.3 is 19.9 Å². The lowest BCUT2D eigenvalue weighted by Crippen LogP contribution is -2.48. The molecule has 2 rings (SSSR count). The summed E-state index contributed by atoms with van der Waals surface area (Å²) in [4.78, 5) is 16.9. The predicted octanol–water partition coefficient (Wildman–Crippen LogP) is 0.838. The fourth-order valence-corrected chi connectivity index (χ4v) is 2.26. The van der Waals surface area contributed by atoms with E-state index in [0.29, 0.717) is 25.4 Å². The smallest absolute Gasteiger partial charge is 0.270 e. The van der Waals surface area contributed by atoms with Gasteiger partial charge in [-0.15, -0.1) is 0 Å². The molecule has 0 aliphatic carbocycles. The first-order valence-electron chi connectivity index (χ1n) is 5.60. The van der Waals surface area contributed by atoms with Crippen LogP contribution in [0.15, 0.2) is 16.7 Å². The van der Waals surface area contributed by atoms with Gasteiger partial charge in [0.2, 0.25) is 0 Å². The van der Waals surface area contributed by atoms with Crippen molar-refractivity contribution in [1.29, 1.82) is 0 Å². The number of carbonyl (C=O) groups excluding carboxylic acids is 1. The molecule has 2 N–H and O–H groups in total. The molecule has 6 heteroatoms. The van der Waals surface area contributed by atoms with Gasteiger partial charge in [-0.1, -0.05) is 0 Å². The molecule has 1 fully saturated rings. The van der Waals surface area contributed by atoms with Gasteiger partial charge in [-0.2, -0.15) is 0 Å². The van der Waals surface area contributed by atoms with Crippen LogP contribution in [0.5, 0.6) is 0 Å². The van der Waals surface area contributed by atoms with Crippen molar-refractivity contribution < 1.29 is 9.53 Å². The number of hydrogen-bond donors (Lipinski definition) is 2. The van der Waals surface area contributed by atoms with Gasteiger partial charge in [0.15, 0.2) is 0 Å². The van der Waals surface area contributed by atoms with Crippen LogP contribution in [-0.2, 0) is 4.74 Å². The molecule has 0 saturated carbocycles. The number of aromatic nitrogens is 1. The Morgan fingerprint density at radius 1 is 1.76 bits per heavy atom. The van der Waals surface area contributed by atoms with E-state index in [9.17, 15) is 4.79 Å². The molecule has 1 aliphatic rings. The Morgan fingerprint density at radius 2 is 2.59 bits per heavy atom. The van der Waals surface area contributed by atoms with E-state index in [-0.39, 0.29) is 12.0 Å². The normalized spacial score (nSPS) is 20.6. The topological polar surface area (TPSA) is 57.4 Å². The summed E-state index contributed by atoms with van der Waals surface area (Å²) in [5.74, 6) is 0.0279. The van der Waals surface area contributed by atoms with E-state index in [1.807, 2.05) is 11.9 Å². The second-order valence-corrected chi connectivity index (χ2v) is 4.95. The zero-order chi connectivity index (χ0) is 12.3. The Bertz CT molecular complexity index is 392. The zero-order valence-electron chi connectivity index (χ0n) is 9.70. The lowest BCUT2D eigenvalue weighted by atomic mass is 10.2. The van der Waals surface area contributed by atoms with Crippen molar-refractivity contribution in [3.63, 3.8) is 0 Å². The fraction of sp³-hybridized carbons (Fsp3) is 0.545. The quantitative estimate of drug-likeness (QED) is 0.870. The first-order valence-corrected chi connectivity index (χ1v) is 6.39. The number of ether oxygens (including phenoxy) is 1.